The van der Waals surface area contributed by atoms with Crippen molar-refractivity contribution in [1.82, 2.24) is 10.2 Å². The largest absolute Gasteiger partial charge is 0.466 e. The van der Waals surface area contributed by atoms with Crippen LogP contribution in [0.3, 0.4) is 0 Å². The normalized spacial score (nSPS) is 27.6. The summed E-state index contributed by atoms with van der Waals surface area (Å²) in [6.07, 6.45) is 4.49. The number of nitrogens with zero attached hydrogens (tertiary/aromatic N) is 2. The maximum Gasteiger partial charge on any atom is 0.294 e. The molecule has 0 spiro atoms. The molecule has 0 bridgehead atoms. The molecule has 0 radical (unpaired) electrons. The number of nitrogens with two attached hydrogens (primary N) is 1. The third kappa shape index (κ3) is 2.42. The number of aryl methyl sites for hydroxylation is 1. The van der Waals surface area contributed by atoms with E-state index in [9.17, 15) is 0 Å². The number of hydrogen-bond donors (Lipinski definition) is 1. The first kappa shape index (κ1) is 9.86. The predicted octanol–water partition coefficient (Wildman–Crippen LogP) is 1.50. The summed E-state index contributed by atoms with van der Waals surface area (Å²) in [6, 6.07) is 0.367. The van der Waals surface area contributed by atoms with Gasteiger partial charge in [0.15, 0.2) is 0 Å². The van der Waals surface area contributed by atoms with Crippen LogP contribution in [0, 0.1) is 6.92 Å². The zero-order valence-electron chi connectivity index (χ0n) is 8.27. The Morgan fingerprint density at radius 3 is 2.57 bits per heavy atom. The quantitative estimate of drug-likeness (QED) is 0.808. The summed E-state index contributed by atoms with van der Waals surface area (Å²) in [7, 11) is 0. The summed E-state index contributed by atoms with van der Waals surface area (Å²) in [6.45, 7) is 1.93. The van der Waals surface area contributed by atoms with E-state index in [4.69, 9.17) is 10.5 Å². The molecule has 2 N–H and O–H groups in total. The fourth-order valence-corrected chi connectivity index (χ4v) is 2.28. The van der Waals surface area contributed by atoms with E-state index in [0.717, 1.165) is 30.7 Å². The van der Waals surface area contributed by atoms with Gasteiger partial charge in [-0.3, -0.25) is 0 Å². The molecule has 1 fully saturated rings. The Hall–Kier alpha value is -0.680. The highest BCUT2D eigenvalue weighted by Crippen LogP contribution is 2.24. The van der Waals surface area contributed by atoms with Gasteiger partial charge in [0.25, 0.3) is 5.19 Å². The van der Waals surface area contributed by atoms with Gasteiger partial charge < -0.3 is 10.5 Å². The first-order valence-electron chi connectivity index (χ1n) is 4.96. The van der Waals surface area contributed by atoms with Crippen molar-refractivity contribution in [2.45, 2.75) is 44.8 Å². The lowest BCUT2D eigenvalue weighted by Gasteiger charge is -2.25. The summed E-state index contributed by atoms with van der Waals surface area (Å²) in [5.74, 6) is 0. The van der Waals surface area contributed by atoms with Gasteiger partial charge in [0.2, 0.25) is 0 Å². The van der Waals surface area contributed by atoms with Crippen molar-refractivity contribution in [2.24, 2.45) is 5.73 Å². The van der Waals surface area contributed by atoms with Crippen LogP contribution in [0.15, 0.2) is 0 Å². The van der Waals surface area contributed by atoms with Gasteiger partial charge in [-0.1, -0.05) is 11.3 Å². The van der Waals surface area contributed by atoms with Crippen molar-refractivity contribution in [2.75, 3.05) is 0 Å². The zero-order chi connectivity index (χ0) is 9.97. The van der Waals surface area contributed by atoms with Crippen LogP contribution < -0.4 is 10.5 Å². The van der Waals surface area contributed by atoms with E-state index in [2.05, 4.69) is 10.2 Å². The Labute approximate surface area is 87.5 Å². The molecule has 4 nitrogen and oxygen atoms in total. The van der Waals surface area contributed by atoms with Gasteiger partial charge in [-0.2, -0.15) is 0 Å². The van der Waals surface area contributed by atoms with E-state index in [0.29, 0.717) is 17.3 Å². The van der Waals surface area contributed by atoms with Crippen molar-refractivity contribution in [3.63, 3.8) is 0 Å². The molecule has 0 atom stereocenters. The van der Waals surface area contributed by atoms with Gasteiger partial charge in [-0.15, -0.1) is 10.2 Å². The Morgan fingerprint density at radius 1 is 1.29 bits per heavy atom. The number of hydrogen-bond acceptors (Lipinski definition) is 5. The summed E-state index contributed by atoms with van der Waals surface area (Å²) in [4.78, 5) is 0. The smallest absolute Gasteiger partial charge is 0.294 e. The molecule has 1 aromatic rings. The molecule has 1 saturated carbocycles. The van der Waals surface area contributed by atoms with Crippen molar-refractivity contribution in [1.29, 1.82) is 0 Å². The second kappa shape index (κ2) is 4.23. The summed E-state index contributed by atoms with van der Waals surface area (Å²) >= 11 is 1.51. The highest BCUT2D eigenvalue weighted by molar-refractivity contribution is 7.12. The Morgan fingerprint density at radius 2 is 2.00 bits per heavy atom. The molecule has 0 saturated heterocycles. The van der Waals surface area contributed by atoms with Crippen LogP contribution >= 0.6 is 11.3 Å². The van der Waals surface area contributed by atoms with Crippen LogP contribution in [0.25, 0.3) is 0 Å². The van der Waals surface area contributed by atoms with Gasteiger partial charge in [0, 0.05) is 6.04 Å². The van der Waals surface area contributed by atoms with Crippen molar-refractivity contribution < 1.29 is 4.74 Å². The van der Waals surface area contributed by atoms with Crippen LogP contribution in [0.5, 0.6) is 5.19 Å². The monoisotopic (exact) mass is 213 g/mol. The summed E-state index contributed by atoms with van der Waals surface area (Å²) < 4.78 is 5.71. The maximum absolute atomic E-state index is 5.81. The Bertz CT molecular complexity index is 294. The first-order valence-corrected chi connectivity index (χ1v) is 5.78. The predicted molar refractivity (Wildman–Crippen MR) is 55.5 cm³/mol. The van der Waals surface area contributed by atoms with Crippen LogP contribution in [-0.2, 0) is 0 Å². The van der Waals surface area contributed by atoms with Crippen LogP contribution in [-0.4, -0.2) is 22.3 Å². The molecule has 1 heterocycles. The molecule has 14 heavy (non-hydrogen) atoms. The Balaban J connectivity index is 1.86. The third-order valence-electron chi connectivity index (χ3n) is 2.49. The first-order chi connectivity index (χ1) is 6.74. The van der Waals surface area contributed by atoms with Crippen molar-refractivity contribution >= 4 is 11.3 Å². The highest BCUT2D eigenvalue weighted by Gasteiger charge is 2.20. The van der Waals surface area contributed by atoms with E-state index in [1.165, 1.54) is 11.3 Å². The average molecular weight is 213 g/mol. The maximum atomic E-state index is 5.81. The molecule has 0 unspecified atom stereocenters. The van der Waals surface area contributed by atoms with Crippen molar-refractivity contribution in [3.8, 4) is 5.19 Å². The highest BCUT2D eigenvalue weighted by atomic mass is 32.1. The molecule has 1 aliphatic carbocycles. The summed E-state index contributed by atoms with van der Waals surface area (Å²) in [5, 5.41) is 9.51. The van der Waals surface area contributed by atoms with Gasteiger partial charge in [0.05, 0.1) is 0 Å². The standard InChI is InChI=1S/C9H15N3OS/c1-6-11-12-9(14-6)13-8-4-2-7(10)3-5-8/h7-8H,2-5,10H2,1H3. The second-order valence-corrected chi connectivity index (χ2v) is 4.89. The molecule has 0 aliphatic heterocycles. The van der Waals surface area contributed by atoms with Crippen LogP contribution in [0.4, 0.5) is 0 Å². The lowest BCUT2D eigenvalue weighted by atomic mass is 9.94. The topological polar surface area (TPSA) is 61.0 Å². The van der Waals surface area contributed by atoms with E-state index in [1.807, 2.05) is 6.92 Å². The minimum Gasteiger partial charge on any atom is -0.466 e. The lowest BCUT2D eigenvalue weighted by Crippen LogP contribution is -2.31. The van der Waals surface area contributed by atoms with E-state index in [-0.39, 0.29) is 0 Å². The van der Waals surface area contributed by atoms with E-state index < -0.39 is 0 Å². The van der Waals surface area contributed by atoms with E-state index >= 15 is 0 Å². The zero-order valence-corrected chi connectivity index (χ0v) is 9.09. The molecule has 1 aromatic heterocycles. The number of rotatable bonds is 2. The van der Waals surface area contributed by atoms with Gasteiger partial charge >= 0.3 is 0 Å². The lowest BCUT2D eigenvalue weighted by molar-refractivity contribution is 0.145. The SMILES string of the molecule is Cc1nnc(OC2CCC(N)CC2)s1. The average Bonchev–Trinajstić information content (AvgIpc) is 2.56. The molecular formula is C9H15N3OS. The van der Waals surface area contributed by atoms with Crippen LogP contribution in [0.2, 0.25) is 0 Å². The Kier molecular flexibility index (Phi) is 2.98. The van der Waals surface area contributed by atoms with Gasteiger partial charge in [0.1, 0.15) is 11.1 Å². The van der Waals surface area contributed by atoms with Crippen LogP contribution in [0.1, 0.15) is 30.7 Å². The third-order valence-corrected chi connectivity index (χ3v) is 3.22. The number of ether oxygens (including phenoxy) is 1. The summed E-state index contributed by atoms with van der Waals surface area (Å²) in [5.41, 5.74) is 5.81. The van der Waals surface area contributed by atoms with E-state index in [1.54, 1.807) is 0 Å². The molecule has 0 amide bonds. The molecule has 0 aromatic carbocycles. The fraction of sp³-hybridized carbons (Fsp3) is 0.778. The van der Waals surface area contributed by atoms with Crippen molar-refractivity contribution in [3.05, 3.63) is 5.01 Å². The fourth-order valence-electron chi connectivity index (χ4n) is 1.68. The molecule has 1 aliphatic rings. The molecule has 2 rings (SSSR count). The second-order valence-electron chi connectivity index (χ2n) is 3.74. The minimum absolute atomic E-state index is 0.294. The molecule has 5 heteroatoms. The number of aromatic nitrogens is 2. The molecular weight excluding hydrogens is 198 g/mol. The van der Waals surface area contributed by atoms with Gasteiger partial charge in [-0.25, -0.2) is 0 Å². The minimum atomic E-state index is 0.294. The molecule has 78 valence electrons. The van der Waals surface area contributed by atoms with Gasteiger partial charge in [-0.05, 0) is 32.6 Å².